The van der Waals surface area contributed by atoms with Gasteiger partial charge in [0, 0.05) is 25.7 Å². The van der Waals surface area contributed by atoms with E-state index in [0.717, 1.165) is 32.0 Å². The summed E-state index contributed by atoms with van der Waals surface area (Å²) in [6.07, 6.45) is 1.25. The molecule has 0 aromatic heterocycles. The first-order valence-electron chi connectivity index (χ1n) is 7.98. The summed E-state index contributed by atoms with van der Waals surface area (Å²) in [5.74, 6) is 0.967. The molecule has 4 nitrogen and oxygen atoms in total. The Bertz CT molecular complexity index is 407. The van der Waals surface area contributed by atoms with Gasteiger partial charge in [-0.1, -0.05) is 12.1 Å². The normalized spacial score (nSPS) is 21.2. The number of ether oxygens (including phenoxy) is 1. The van der Waals surface area contributed by atoms with E-state index >= 15 is 0 Å². The molecule has 0 spiro atoms. The van der Waals surface area contributed by atoms with Gasteiger partial charge in [-0.25, -0.2) is 0 Å². The Hall–Kier alpha value is -1.10. The summed E-state index contributed by atoms with van der Waals surface area (Å²) >= 11 is 0. The van der Waals surface area contributed by atoms with E-state index in [-0.39, 0.29) is 0 Å². The van der Waals surface area contributed by atoms with E-state index in [2.05, 4.69) is 53.4 Å². The molecule has 0 amide bonds. The minimum Gasteiger partial charge on any atom is -0.492 e. The van der Waals surface area contributed by atoms with E-state index in [1.807, 2.05) is 7.05 Å². The van der Waals surface area contributed by atoms with Crippen molar-refractivity contribution in [1.82, 2.24) is 15.1 Å². The maximum atomic E-state index is 5.88. The van der Waals surface area contributed by atoms with Crippen LogP contribution in [0.1, 0.15) is 18.9 Å². The Kier molecular flexibility index (Phi) is 6.49. The van der Waals surface area contributed by atoms with Crippen molar-refractivity contribution in [2.75, 3.05) is 46.9 Å². The van der Waals surface area contributed by atoms with Crippen LogP contribution in [0.2, 0.25) is 0 Å². The van der Waals surface area contributed by atoms with Gasteiger partial charge in [-0.15, -0.1) is 0 Å². The third-order valence-corrected chi connectivity index (χ3v) is 4.14. The van der Waals surface area contributed by atoms with E-state index in [1.54, 1.807) is 0 Å². The molecule has 1 aliphatic rings. The highest BCUT2D eigenvalue weighted by molar-refractivity contribution is 5.27. The fraction of sp³-hybridized carbons (Fsp3) is 0.647. The fourth-order valence-electron chi connectivity index (χ4n) is 2.94. The Balaban J connectivity index is 1.75. The van der Waals surface area contributed by atoms with Crippen molar-refractivity contribution in [1.29, 1.82) is 0 Å². The molecular formula is C17H29N3O. The van der Waals surface area contributed by atoms with Gasteiger partial charge in [0.1, 0.15) is 12.4 Å². The lowest BCUT2D eigenvalue weighted by Gasteiger charge is -2.27. The van der Waals surface area contributed by atoms with E-state index in [9.17, 15) is 0 Å². The first kappa shape index (κ1) is 16.3. The van der Waals surface area contributed by atoms with Crippen LogP contribution in [0, 0.1) is 0 Å². The van der Waals surface area contributed by atoms with Gasteiger partial charge in [-0.2, -0.15) is 0 Å². The SMILES string of the molecule is CNCc1ccc(OCCN2CCCN(C)CC2C)cc1. The number of nitrogens with zero attached hydrogens (tertiary/aromatic N) is 2. The van der Waals surface area contributed by atoms with Gasteiger partial charge in [0.2, 0.25) is 0 Å². The first-order valence-corrected chi connectivity index (χ1v) is 7.98. The summed E-state index contributed by atoms with van der Waals surface area (Å²) in [7, 11) is 4.17. The van der Waals surface area contributed by atoms with Crippen LogP contribution in [0.5, 0.6) is 5.75 Å². The van der Waals surface area contributed by atoms with Crippen LogP contribution in [0.25, 0.3) is 0 Å². The topological polar surface area (TPSA) is 27.7 Å². The van der Waals surface area contributed by atoms with Gasteiger partial charge in [0.05, 0.1) is 0 Å². The van der Waals surface area contributed by atoms with E-state index in [1.165, 1.54) is 25.1 Å². The average molecular weight is 291 g/mol. The van der Waals surface area contributed by atoms with Crippen molar-refractivity contribution in [2.45, 2.75) is 25.9 Å². The summed E-state index contributed by atoms with van der Waals surface area (Å²) in [5.41, 5.74) is 1.29. The molecular weight excluding hydrogens is 262 g/mol. The number of hydrogen-bond donors (Lipinski definition) is 1. The molecule has 0 bridgehead atoms. The monoisotopic (exact) mass is 291 g/mol. The van der Waals surface area contributed by atoms with Crippen molar-refractivity contribution < 1.29 is 4.74 Å². The molecule has 118 valence electrons. The lowest BCUT2D eigenvalue weighted by Crippen LogP contribution is -2.40. The quantitative estimate of drug-likeness (QED) is 0.865. The number of likely N-dealkylation sites (N-methyl/N-ethyl adjacent to an activating group) is 1. The maximum Gasteiger partial charge on any atom is 0.119 e. The predicted molar refractivity (Wildman–Crippen MR) is 87.8 cm³/mol. The molecule has 0 aliphatic carbocycles. The Morgan fingerprint density at radius 1 is 1.24 bits per heavy atom. The Morgan fingerprint density at radius 2 is 2.00 bits per heavy atom. The van der Waals surface area contributed by atoms with Crippen molar-refractivity contribution in [3.05, 3.63) is 29.8 Å². The summed E-state index contributed by atoms with van der Waals surface area (Å²) in [4.78, 5) is 4.96. The molecule has 0 radical (unpaired) electrons. The van der Waals surface area contributed by atoms with Crippen LogP contribution in [0.15, 0.2) is 24.3 Å². The summed E-state index contributed by atoms with van der Waals surface area (Å²) in [5, 5.41) is 3.15. The van der Waals surface area contributed by atoms with Crippen LogP contribution in [-0.2, 0) is 6.54 Å². The van der Waals surface area contributed by atoms with Crippen molar-refractivity contribution >= 4 is 0 Å². The lowest BCUT2D eigenvalue weighted by molar-refractivity contribution is 0.166. The molecule has 1 saturated heterocycles. The van der Waals surface area contributed by atoms with Crippen LogP contribution in [0.3, 0.4) is 0 Å². The second-order valence-electron chi connectivity index (χ2n) is 6.02. The maximum absolute atomic E-state index is 5.88. The second kappa shape index (κ2) is 8.37. The molecule has 1 heterocycles. The molecule has 1 aromatic carbocycles. The third-order valence-electron chi connectivity index (χ3n) is 4.14. The van der Waals surface area contributed by atoms with Gasteiger partial charge >= 0.3 is 0 Å². The van der Waals surface area contributed by atoms with Gasteiger partial charge < -0.3 is 15.0 Å². The largest absolute Gasteiger partial charge is 0.492 e. The minimum atomic E-state index is 0.610. The molecule has 21 heavy (non-hydrogen) atoms. The number of benzene rings is 1. The molecule has 0 saturated carbocycles. The van der Waals surface area contributed by atoms with E-state index in [4.69, 9.17) is 4.74 Å². The molecule has 1 atom stereocenters. The number of nitrogens with one attached hydrogen (secondary N) is 1. The molecule has 4 heteroatoms. The molecule has 1 unspecified atom stereocenters. The summed E-state index contributed by atoms with van der Waals surface area (Å²) < 4.78 is 5.88. The highest BCUT2D eigenvalue weighted by atomic mass is 16.5. The zero-order valence-electron chi connectivity index (χ0n) is 13.6. The summed E-state index contributed by atoms with van der Waals surface area (Å²) in [6, 6.07) is 8.97. The molecule has 1 fully saturated rings. The summed E-state index contributed by atoms with van der Waals surface area (Å²) in [6.45, 7) is 8.52. The zero-order valence-corrected chi connectivity index (χ0v) is 13.6. The Morgan fingerprint density at radius 3 is 2.71 bits per heavy atom. The van der Waals surface area contributed by atoms with Crippen molar-refractivity contribution in [3.8, 4) is 5.75 Å². The molecule has 2 rings (SSSR count). The smallest absolute Gasteiger partial charge is 0.119 e. The van der Waals surface area contributed by atoms with E-state index in [0.29, 0.717) is 6.04 Å². The van der Waals surface area contributed by atoms with Gasteiger partial charge in [0.15, 0.2) is 0 Å². The molecule has 1 aromatic rings. The predicted octanol–water partition coefficient (Wildman–Crippen LogP) is 1.81. The molecule has 1 N–H and O–H groups in total. The van der Waals surface area contributed by atoms with Crippen LogP contribution < -0.4 is 10.1 Å². The highest BCUT2D eigenvalue weighted by Gasteiger charge is 2.18. The number of hydrogen-bond acceptors (Lipinski definition) is 4. The molecule has 1 aliphatic heterocycles. The Labute approximate surface area is 129 Å². The first-order chi connectivity index (χ1) is 10.2. The minimum absolute atomic E-state index is 0.610. The van der Waals surface area contributed by atoms with Gasteiger partial charge in [-0.05, 0) is 58.2 Å². The van der Waals surface area contributed by atoms with Crippen molar-refractivity contribution in [3.63, 3.8) is 0 Å². The lowest BCUT2D eigenvalue weighted by atomic mass is 10.2. The zero-order chi connectivity index (χ0) is 15.1. The van der Waals surface area contributed by atoms with Gasteiger partial charge in [-0.3, -0.25) is 4.90 Å². The number of rotatable bonds is 6. The van der Waals surface area contributed by atoms with Crippen LogP contribution in [-0.4, -0.2) is 62.7 Å². The fourth-order valence-corrected chi connectivity index (χ4v) is 2.94. The third kappa shape index (κ3) is 5.30. The van der Waals surface area contributed by atoms with Gasteiger partial charge in [0.25, 0.3) is 0 Å². The highest BCUT2D eigenvalue weighted by Crippen LogP contribution is 2.13. The van der Waals surface area contributed by atoms with Crippen LogP contribution >= 0.6 is 0 Å². The second-order valence-corrected chi connectivity index (χ2v) is 6.02. The van der Waals surface area contributed by atoms with Crippen molar-refractivity contribution in [2.24, 2.45) is 0 Å². The average Bonchev–Trinajstić information content (AvgIpc) is 2.62. The van der Waals surface area contributed by atoms with Crippen LogP contribution in [0.4, 0.5) is 0 Å². The standard InChI is InChI=1S/C17H29N3O/c1-15-14-19(3)9-4-10-20(15)11-12-21-17-7-5-16(6-8-17)13-18-2/h5-8,15,18H,4,9-14H2,1-3H3. The van der Waals surface area contributed by atoms with E-state index < -0.39 is 0 Å².